The van der Waals surface area contributed by atoms with Crippen LogP contribution in [0.1, 0.15) is 18.5 Å². The van der Waals surface area contributed by atoms with Gasteiger partial charge in [-0.15, -0.1) is 0 Å². The van der Waals surface area contributed by atoms with Crippen molar-refractivity contribution in [1.82, 2.24) is 0 Å². The van der Waals surface area contributed by atoms with Gasteiger partial charge in [0.05, 0.1) is 11.7 Å². The maximum Gasteiger partial charge on any atom is 0.296 e. The van der Waals surface area contributed by atoms with Crippen molar-refractivity contribution in [1.29, 1.82) is 0 Å². The van der Waals surface area contributed by atoms with E-state index >= 15 is 0 Å². The van der Waals surface area contributed by atoms with Crippen LogP contribution in [0.4, 0.5) is 15.8 Å². The third-order valence-corrected chi connectivity index (χ3v) is 3.40. The Labute approximate surface area is 123 Å². The van der Waals surface area contributed by atoms with Crippen molar-refractivity contribution in [2.75, 3.05) is 10.0 Å². The molecule has 0 aliphatic heterocycles. The van der Waals surface area contributed by atoms with Gasteiger partial charge in [0.2, 0.25) is 0 Å². The number of nitrogens with one attached hydrogen (secondary N) is 2. The molecule has 4 N–H and O–H groups in total. The van der Waals surface area contributed by atoms with Crippen LogP contribution in [0.2, 0.25) is 0 Å². The molecule has 112 valence electrons. The van der Waals surface area contributed by atoms with Gasteiger partial charge < -0.3 is 5.32 Å². The number of hydrogen-bond acceptors (Lipinski definition) is 3. The fraction of sp³-hybridized carbons (Fsp3) is 0.143. The summed E-state index contributed by atoms with van der Waals surface area (Å²) in [4.78, 5) is 0. The van der Waals surface area contributed by atoms with E-state index in [0.717, 1.165) is 0 Å². The highest BCUT2D eigenvalue weighted by atomic mass is 32.2. The number of anilines is 2. The molecule has 5 nitrogen and oxygen atoms in total. The second-order valence-electron chi connectivity index (χ2n) is 4.62. The predicted molar refractivity (Wildman–Crippen MR) is 81.6 cm³/mol. The first-order chi connectivity index (χ1) is 9.85. The molecule has 0 radical (unpaired) electrons. The SMILES string of the molecule is CC(Nc1cccc(NS(N)(=O)=O)c1)c1ccccc1F. The monoisotopic (exact) mass is 309 g/mol. The summed E-state index contributed by atoms with van der Waals surface area (Å²) in [7, 11) is -3.82. The lowest BCUT2D eigenvalue weighted by molar-refractivity contribution is 0.600. The number of nitrogens with two attached hydrogens (primary N) is 1. The summed E-state index contributed by atoms with van der Waals surface area (Å²) in [6, 6.07) is 12.8. The zero-order valence-corrected chi connectivity index (χ0v) is 12.2. The molecular formula is C14H16FN3O2S. The molecule has 0 fully saturated rings. The van der Waals surface area contributed by atoms with Crippen LogP contribution in [0.15, 0.2) is 48.5 Å². The van der Waals surface area contributed by atoms with Crippen molar-refractivity contribution >= 4 is 21.6 Å². The fourth-order valence-electron chi connectivity index (χ4n) is 1.99. The Hall–Kier alpha value is -2.12. The molecule has 0 saturated heterocycles. The van der Waals surface area contributed by atoms with E-state index in [1.807, 2.05) is 6.92 Å². The summed E-state index contributed by atoms with van der Waals surface area (Å²) in [5, 5.41) is 8.03. The zero-order chi connectivity index (χ0) is 15.5. The van der Waals surface area contributed by atoms with E-state index in [2.05, 4.69) is 10.0 Å². The summed E-state index contributed by atoms with van der Waals surface area (Å²) in [6.07, 6.45) is 0. The van der Waals surface area contributed by atoms with Crippen molar-refractivity contribution in [2.24, 2.45) is 5.14 Å². The van der Waals surface area contributed by atoms with E-state index in [0.29, 0.717) is 16.9 Å². The van der Waals surface area contributed by atoms with Crippen molar-refractivity contribution in [3.63, 3.8) is 0 Å². The average molecular weight is 309 g/mol. The molecule has 0 bridgehead atoms. The van der Waals surface area contributed by atoms with E-state index in [-0.39, 0.29) is 11.9 Å². The lowest BCUT2D eigenvalue weighted by Gasteiger charge is -2.17. The van der Waals surface area contributed by atoms with E-state index in [9.17, 15) is 12.8 Å². The highest BCUT2D eigenvalue weighted by Gasteiger charge is 2.10. The molecule has 0 saturated carbocycles. The van der Waals surface area contributed by atoms with Gasteiger partial charge in [-0.25, -0.2) is 9.53 Å². The summed E-state index contributed by atoms with van der Waals surface area (Å²) in [5.74, 6) is -0.295. The molecule has 0 aliphatic rings. The van der Waals surface area contributed by atoms with Crippen LogP contribution < -0.4 is 15.2 Å². The molecule has 0 aliphatic carbocycles. The Morgan fingerprint density at radius 3 is 2.43 bits per heavy atom. The molecule has 2 rings (SSSR count). The van der Waals surface area contributed by atoms with Crippen LogP contribution in [0, 0.1) is 5.82 Å². The predicted octanol–water partition coefficient (Wildman–Crippen LogP) is 2.61. The van der Waals surface area contributed by atoms with Gasteiger partial charge in [-0.05, 0) is 31.2 Å². The van der Waals surface area contributed by atoms with Crippen LogP contribution in [-0.4, -0.2) is 8.42 Å². The van der Waals surface area contributed by atoms with Crippen molar-refractivity contribution in [3.05, 3.63) is 59.9 Å². The minimum Gasteiger partial charge on any atom is -0.378 e. The largest absolute Gasteiger partial charge is 0.378 e. The molecule has 7 heteroatoms. The maximum atomic E-state index is 13.7. The van der Waals surface area contributed by atoms with Crippen molar-refractivity contribution < 1.29 is 12.8 Å². The molecule has 21 heavy (non-hydrogen) atoms. The van der Waals surface area contributed by atoms with E-state index in [1.165, 1.54) is 6.07 Å². The van der Waals surface area contributed by atoms with E-state index in [4.69, 9.17) is 5.14 Å². The topological polar surface area (TPSA) is 84.2 Å². The first-order valence-electron chi connectivity index (χ1n) is 6.27. The Morgan fingerprint density at radius 1 is 1.10 bits per heavy atom. The molecule has 2 aromatic carbocycles. The maximum absolute atomic E-state index is 13.7. The zero-order valence-electron chi connectivity index (χ0n) is 11.4. The van der Waals surface area contributed by atoms with E-state index in [1.54, 1.807) is 42.5 Å². The molecule has 1 unspecified atom stereocenters. The number of hydrogen-bond donors (Lipinski definition) is 3. The van der Waals surface area contributed by atoms with Crippen LogP contribution in [0.3, 0.4) is 0 Å². The lowest BCUT2D eigenvalue weighted by Crippen LogP contribution is -2.21. The van der Waals surface area contributed by atoms with Gasteiger partial charge in [-0.2, -0.15) is 8.42 Å². The molecule has 1 atom stereocenters. The number of halogens is 1. The Kier molecular flexibility index (Phi) is 4.44. The molecular weight excluding hydrogens is 293 g/mol. The van der Waals surface area contributed by atoms with Crippen LogP contribution in [0.25, 0.3) is 0 Å². The van der Waals surface area contributed by atoms with Gasteiger partial charge in [0.1, 0.15) is 5.82 Å². The van der Waals surface area contributed by atoms with Crippen LogP contribution in [-0.2, 0) is 10.2 Å². The summed E-state index contributed by atoms with van der Waals surface area (Å²) in [6.45, 7) is 1.82. The molecule has 2 aromatic rings. The smallest absolute Gasteiger partial charge is 0.296 e. The van der Waals surface area contributed by atoms with Gasteiger partial charge in [0.15, 0.2) is 0 Å². The normalized spacial score (nSPS) is 12.7. The summed E-state index contributed by atoms with van der Waals surface area (Å²) < 4.78 is 37.9. The van der Waals surface area contributed by atoms with Gasteiger partial charge >= 0.3 is 0 Å². The Bertz CT molecular complexity index is 735. The summed E-state index contributed by atoms with van der Waals surface area (Å²) in [5.41, 5.74) is 1.52. The van der Waals surface area contributed by atoms with Crippen LogP contribution >= 0.6 is 0 Å². The minimum absolute atomic E-state index is 0.268. The lowest BCUT2D eigenvalue weighted by atomic mass is 10.1. The highest BCUT2D eigenvalue weighted by molar-refractivity contribution is 7.90. The van der Waals surface area contributed by atoms with Crippen LogP contribution in [0.5, 0.6) is 0 Å². The first-order valence-corrected chi connectivity index (χ1v) is 7.81. The fourth-order valence-corrected chi connectivity index (χ4v) is 2.45. The standard InChI is InChI=1S/C14H16FN3O2S/c1-10(13-7-2-3-8-14(13)15)17-11-5-4-6-12(9-11)18-21(16,19)20/h2-10,17-18H,1H3,(H2,16,19,20). The molecule has 0 amide bonds. The third kappa shape index (κ3) is 4.44. The van der Waals surface area contributed by atoms with Gasteiger partial charge in [-0.1, -0.05) is 24.3 Å². The Balaban J connectivity index is 2.16. The molecule has 0 heterocycles. The average Bonchev–Trinajstić information content (AvgIpc) is 2.37. The first kappa shape index (κ1) is 15.3. The quantitative estimate of drug-likeness (QED) is 0.793. The number of benzene rings is 2. The second kappa shape index (κ2) is 6.11. The minimum atomic E-state index is -3.82. The second-order valence-corrected chi connectivity index (χ2v) is 5.91. The third-order valence-electron chi connectivity index (χ3n) is 2.88. The molecule has 0 spiro atoms. The van der Waals surface area contributed by atoms with E-state index < -0.39 is 10.2 Å². The Morgan fingerprint density at radius 2 is 1.76 bits per heavy atom. The van der Waals surface area contributed by atoms with Crippen molar-refractivity contribution in [3.8, 4) is 0 Å². The summed E-state index contributed by atoms with van der Waals surface area (Å²) >= 11 is 0. The number of rotatable bonds is 5. The van der Waals surface area contributed by atoms with Gasteiger partial charge in [0, 0.05) is 11.3 Å². The van der Waals surface area contributed by atoms with Gasteiger partial charge in [0.25, 0.3) is 10.2 Å². The molecule has 0 aromatic heterocycles. The highest BCUT2D eigenvalue weighted by Crippen LogP contribution is 2.23. The van der Waals surface area contributed by atoms with Crippen molar-refractivity contribution in [2.45, 2.75) is 13.0 Å². The van der Waals surface area contributed by atoms with Gasteiger partial charge in [-0.3, -0.25) is 4.72 Å².